The first-order chi connectivity index (χ1) is 11.5. The quantitative estimate of drug-likeness (QED) is 0.502. The van der Waals surface area contributed by atoms with Crippen LogP contribution in [0.1, 0.15) is 18.4 Å². The number of nitro benzene ring substituents is 1. The van der Waals surface area contributed by atoms with E-state index < -0.39 is 4.92 Å². The summed E-state index contributed by atoms with van der Waals surface area (Å²) in [7, 11) is 0. The normalized spacial score (nSPS) is 13.4. The summed E-state index contributed by atoms with van der Waals surface area (Å²) in [5, 5.41) is 14.4. The molecule has 1 N–H and O–H groups in total. The van der Waals surface area contributed by atoms with E-state index >= 15 is 0 Å². The smallest absolute Gasteiger partial charge is 0.269 e. The molecule has 0 aromatic heterocycles. The van der Waals surface area contributed by atoms with Gasteiger partial charge in [0.25, 0.3) is 5.69 Å². The molecule has 124 valence electrons. The van der Waals surface area contributed by atoms with Gasteiger partial charge >= 0.3 is 0 Å². The van der Waals surface area contributed by atoms with Crippen LogP contribution in [0, 0.1) is 15.9 Å². The van der Waals surface area contributed by atoms with Gasteiger partial charge < -0.3 is 10.2 Å². The standard InChI is InChI=1S/C17H16FN3O2S/c18-13-3-1-12(2-4-13)11-20(15-9-10-15)17(24)19-14-5-7-16(8-6-14)21(22)23/h1-8,15H,9-11H2,(H,19,24). The predicted molar refractivity (Wildman–Crippen MR) is 94.3 cm³/mol. The van der Waals surface area contributed by atoms with Crippen LogP contribution < -0.4 is 5.32 Å². The van der Waals surface area contributed by atoms with Crippen molar-refractivity contribution in [2.24, 2.45) is 0 Å². The molecule has 0 heterocycles. The van der Waals surface area contributed by atoms with E-state index in [4.69, 9.17) is 12.2 Å². The highest BCUT2D eigenvalue weighted by Gasteiger charge is 2.30. The van der Waals surface area contributed by atoms with Gasteiger partial charge in [-0.3, -0.25) is 10.1 Å². The lowest BCUT2D eigenvalue weighted by molar-refractivity contribution is -0.384. The molecule has 1 aliphatic carbocycles. The molecule has 2 aromatic carbocycles. The predicted octanol–water partition coefficient (Wildman–Crippen LogP) is 4.10. The maximum atomic E-state index is 13.0. The van der Waals surface area contributed by atoms with Crippen LogP contribution in [0.2, 0.25) is 0 Å². The van der Waals surface area contributed by atoms with Crippen molar-refractivity contribution < 1.29 is 9.31 Å². The van der Waals surface area contributed by atoms with Crippen LogP contribution in [-0.2, 0) is 6.54 Å². The summed E-state index contributed by atoms with van der Waals surface area (Å²) in [5.74, 6) is -0.261. The minimum Gasteiger partial charge on any atom is -0.342 e. The molecule has 2 aromatic rings. The Morgan fingerprint density at radius 3 is 2.38 bits per heavy atom. The van der Waals surface area contributed by atoms with Crippen LogP contribution in [0.4, 0.5) is 15.8 Å². The zero-order chi connectivity index (χ0) is 17.1. The largest absolute Gasteiger partial charge is 0.342 e. The van der Waals surface area contributed by atoms with E-state index in [9.17, 15) is 14.5 Å². The van der Waals surface area contributed by atoms with E-state index in [0.717, 1.165) is 18.4 Å². The summed E-state index contributed by atoms with van der Waals surface area (Å²) in [6, 6.07) is 12.9. The van der Waals surface area contributed by atoms with Crippen molar-refractivity contribution in [3.05, 3.63) is 70.0 Å². The second-order valence-electron chi connectivity index (χ2n) is 5.72. The number of hydrogen-bond acceptors (Lipinski definition) is 3. The molecule has 24 heavy (non-hydrogen) atoms. The summed E-state index contributed by atoms with van der Waals surface area (Å²) in [6.07, 6.45) is 2.15. The molecule has 0 spiro atoms. The zero-order valence-corrected chi connectivity index (χ0v) is 13.6. The van der Waals surface area contributed by atoms with Crippen LogP contribution >= 0.6 is 12.2 Å². The molecule has 3 rings (SSSR count). The second kappa shape index (κ2) is 6.92. The van der Waals surface area contributed by atoms with Gasteiger partial charge in [0, 0.05) is 30.4 Å². The maximum absolute atomic E-state index is 13.0. The average Bonchev–Trinajstić information content (AvgIpc) is 3.39. The molecule has 7 heteroatoms. The monoisotopic (exact) mass is 345 g/mol. The molecule has 1 fully saturated rings. The molecule has 0 saturated heterocycles. The van der Waals surface area contributed by atoms with Crippen molar-refractivity contribution in [2.45, 2.75) is 25.4 Å². The van der Waals surface area contributed by atoms with E-state index in [1.807, 2.05) is 0 Å². The second-order valence-corrected chi connectivity index (χ2v) is 6.11. The number of non-ortho nitro benzene ring substituents is 1. The molecular formula is C17H16FN3O2S. The minimum absolute atomic E-state index is 0.0387. The topological polar surface area (TPSA) is 58.4 Å². The Morgan fingerprint density at radius 2 is 1.83 bits per heavy atom. The van der Waals surface area contributed by atoms with E-state index in [1.165, 1.54) is 24.3 Å². The van der Waals surface area contributed by atoms with E-state index in [-0.39, 0.29) is 11.5 Å². The first-order valence-corrected chi connectivity index (χ1v) is 8.00. The van der Waals surface area contributed by atoms with Gasteiger partial charge in [-0.25, -0.2) is 4.39 Å². The first-order valence-electron chi connectivity index (χ1n) is 7.59. The summed E-state index contributed by atoms with van der Waals surface area (Å²) >= 11 is 5.49. The number of benzene rings is 2. The van der Waals surface area contributed by atoms with Crippen molar-refractivity contribution >= 4 is 28.7 Å². The van der Waals surface area contributed by atoms with Crippen molar-refractivity contribution in [1.29, 1.82) is 0 Å². The van der Waals surface area contributed by atoms with Gasteiger partial charge in [-0.15, -0.1) is 0 Å². The highest BCUT2D eigenvalue weighted by atomic mass is 32.1. The van der Waals surface area contributed by atoms with Gasteiger partial charge in [0.2, 0.25) is 0 Å². The Labute approximate surface area is 144 Å². The Kier molecular flexibility index (Phi) is 4.71. The SMILES string of the molecule is O=[N+]([O-])c1ccc(NC(=S)N(Cc2ccc(F)cc2)C2CC2)cc1. The number of rotatable bonds is 5. The number of anilines is 1. The fourth-order valence-electron chi connectivity index (χ4n) is 2.40. The third kappa shape index (κ3) is 4.05. The van der Waals surface area contributed by atoms with Crippen LogP contribution in [0.3, 0.4) is 0 Å². The van der Waals surface area contributed by atoms with Gasteiger partial charge in [-0.1, -0.05) is 12.1 Å². The maximum Gasteiger partial charge on any atom is 0.269 e. The number of nitrogens with one attached hydrogen (secondary N) is 1. The molecule has 0 unspecified atom stereocenters. The molecule has 0 aliphatic heterocycles. The van der Waals surface area contributed by atoms with Crippen LogP contribution in [0.25, 0.3) is 0 Å². The molecule has 1 aliphatic rings. The molecule has 0 radical (unpaired) electrons. The first kappa shape index (κ1) is 16.3. The third-order valence-electron chi connectivity index (χ3n) is 3.84. The highest BCUT2D eigenvalue weighted by Crippen LogP contribution is 2.29. The van der Waals surface area contributed by atoms with Gasteiger partial charge in [-0.05, 0) is 54.9 Å². The molecule has 1 saturated carbocycles. The number of nitrogens with zero attached hydrogens (tertiary/aromatic N) is 2. The minimum atomic E-state index is -0.437. The Bertz CT molecular complexity index is 745. The number of hydrogen-bond donors (Lipinski definition) is 1. The summed E-state index contributed by atoms with van der Waals surface area (Å²) in [6.45, 7) is 0.601. The lowest BCUT2D eigenvalue weighted by Crippen LogP contribution is -2.36. The van der Waals surface area contributed by atoms with Crippen LogP contribution in [0.5, 0.6) is 0 Å². The summed E-state index contributed by atoms with van der Waals surface area (Å²) in [4.78, 5) is 12.3. The van der Waals surface area contributed by atoms with Gasteiger partial charge in [0.1, 0.15) is 5.82 Å². The van der Waals surface area contributed by atoms with Crippen LogP contribution in [-0.4, -0.2) is 21.0 Å². The van der Waals surface area contributed by atoms with E-state index in [0.29, 0.717) is 23.4 Å². The Morgan fingerprint density at radius 1 is 1.21 bits per heavy atom. The fourth-order valence-corrected chi connectivity index (χ4v) is 2.73. The van der Waals surface area contributed by atoms with Crippen LogP contribution in [0.15, 0.2) is 48.5 Å². The van der Waals surface area contributed by atoms with Gasteiger partial charge in [0.15, 0.2) is 5.11 Å². The Hall–Kier alpha value is -2.54. The number of halogens is 1. The van der Waals surface area contributed by atoms with Gasteiger partial charge in [0.05, 0.1) is 4.92 Å². The molecule has 0 amide bonds. The van der Waals surface area contributed by atoms with Crippen molar-refractivity contribution in [2.75, 3.05) is 5.32 Å². The number of thiocarbonyl (C=S) groups is 1. The lowest BCUT2D eigenvalue weighted by Gasteiger charge is -2.26. The zero-order valence-electron chi connectivity index (χ0n) is 12.8. The van der Waals surface area contributed by atoms with Crippen molar-refractivity contribution in [1.82, 2.24) is 4.90 Å². The van der Waals surface area contributed by atoms with E-state index in [1.54, 1.807) is 24.3 Å². The van der Waals surface area contributed by atoms with E-state index in [2.05, 4.69) is 10.2 Å². The average molecular weight is 345 g/mol. The lowest BCUT2D eigenvalue weighted by atomic mass is 10.2. The summed E-state index contributed by atoms with van der Waals surface area (Å²) < 4.78 is 13.0. The Balaban J connectivity index is 1.68. The summed E-state index contributed by atoms with van der Waals surface area (Å²) in [5.41, 5.74) is 1.73. The number of nitro groups is 1. The van der Waals surface area contributed by atoms with Gasteiger partial charge in [-0.2, -0.15) is 0 Å². The molecule has 0 bridgehead atoms. The van der Waals surface area contributed by atoms with Crippen molar-refractivity contribution in [3.63, 3.8) is 0 Å². The highest BCUT2D eigenvalue weighted by molar-refractivity contribution is 7.80. The van der Waals surface area contributed by atoms with Crippen molar-refractivity contribution in [3.8, 4) is 0 Å². The fraction of sp³-hybridized carbons (Fsp3) is 0.235. The molecule has 0 atom stereocenters. The third-order valence-corrected chi connectivity index (χ3v) is 4.18. The molecule has 5 nitrogen and oxygen atoms in total. The molecular weight excluding hydrogens is 329 g/mol.